The highest BCUT2D eigenvalue weighted by Gasteiger charge is 2.26. The average Bonchev–Trinajstić information content (AvgIpc) is 3.39. The molecule has 4 heterocycles. The maximum Gasteiger partial charge on any atom is 0.228 e. The van der Waals surface area contributed by atoms with Gasteiger partial charge in [-0.3, -0.25) is 9.20 Å². The summed E-state index contributed by atoms with van der Waals surface area (Å²) in [6.07, 6.45) is 4.03. The summed E-state index contributed by atoms with van der Waals surface area (Å²) >= 11 is 0. The van der Waals surface area contributed by atoms with Crippen LogP contribution in [0.25, 0.3) is 28.2 Å². The summed E-state index contributed by atoms with van der Waals surface area (Å²) in [6.45, 7) is 4.11. The van der Waals surface area contributed by atoms with Crippen LogP contribution in [-0.2, 0) is 16.0 Å². The number of benzene rings is 2. The predicted molar refractivity (Wildman–Crippen MR) is 124 cm³/mol. The van der Waals surface area contributed by atoms with E-state index in [2.05, 4.69) is 22.1 Å². The lowest BCUT2D eigenvalue weighted by molar-refractivity contribution is -0.115. The van der Waals surface area contributed by atoms with Gasteiger partial charge in [0.2, 0.25) is 5.91 Å². The van der Waals surface area contributed by atoms with Crippen LogP contribution >= 0.6 is 0 Å². The van der Waals surface area contributed by atoms with Gasteiger partial charge in [0.25, 0.3) is 0 Å². The first-order chi connectivity index (χ1) is 16.1. The zero-order valence-electron chi connectivity index (χ0n) is 18.1. The van der Waals surface area contributed by atoms with E-state index in [1.807, 2.05) is 28.8 Å². The summed E-state index contributed by atoms with van der Waals surface area (Å²) < 4.78 is 21.3. The van der Waals surface area contributed by atoms with Crippen LogP contribution in [-0.4, -0.2) is 46.1 Å². The van der Waals surface area contributed by atoms with Gasteiger partial charge in [-0.15, -0.1) is 0 Å². The molecule has 1 atom stereocenters. The Hall–Kier alpha value is -3.78. The van der Waals surface area contributed by atoms with Crippen LogP contribution in [0, 0.1) is 5.82 Å². The third-order valence-corrected chi connectivity index (χ3v) is 6.28. The summed E-state index contributed by atoms with van der Waals surface area (Å²) in [5.74, 6) is 0.489. The van der Waals surface area contributed by atoms with Gasteiger partial charge in [0.05, 0.1) is 37.1 Å². The SMILES string of the molecule is CC1COCCN1c1nccn2c(-c3ccc4c(c3)CC(=O)N4)c(-c3ccc(F)cc3)nc12. The molecule has 2 aliphatic heterocycles. The Morgan fingerprint density at radius 1 is 1.15 bits per heavy atom. The van der Waals surface area contributed by atoms with Crippen molar-refractivity contribution in [3.05, 3.63) is 66.2 Å². The highest BCUT2D eigenvalue weighted by Crippen LogP contribution is 2.37. The van der Waals surface area contributed by atoms with E-state index >= 15 is 0 Å². The van der Waals surface area contributed by atoms with Crippen molar-refractivity contribution in [3.63, 3.8) is 0 Å². The first kappa shape index (κ1) is 19.9. The van der Waals surface area contributed by atoms with E-state index < -0.39 is 0 Å². The normalized spacial score (nSPS) is 17.9. The minimum atomic E-state index is -0.296. The maximum atomic E-state index is 13.7. The quantitative estimate of drug-likeness (QED) is 0.520. The molecule has 0 radical (unpaired) electrons. The summed E-state index contributed by atoms with van der Waals surface area (Å²) in [5.41, 5.74) is 5.88. The molecule has 1 N–H and O–H groups in total. The van der Waals surface area contributed by atoms with Crippen molar-refractivity contribution < 1.29 is 13.9 Å². The number of aromatic nitrogens is 3. The van der Waals surface area contributed by atoms with Gasteiger partial charge in [0.15, 0.2) is 11.5 Å². The van der Waals surface area contributed by atoms with E-state index in [4.69, 9.17) is 9.72 Å². The number of anilines is 2. The molecule has 2 aromatic heterocycles. The molecule has 0 aliphatic carbocycles. The molecule has 6 rings (SSSR count). The molecule has 0 bridgehead atoms. The molecular formula is C25H22FN5O2. The number of nitrogens with zero attached hydrogens (tertiary/aromatic N) is 4. The van der Waals surface area contributed by atoms with Crippen molar-refractivity contribution in [2.24, 2.45) is 0 Å². The van der Waals surface area contributed by atoms with Crippen molar-refractivity contribution in [1.82, 2.24) is 14.4 Å². The van der Waals surface area contributed by atoms with E-state index in [1.165, 1.54) is 12.1 Å². The second-order valence-corrected chi connectivity index (χ2v) is 8.47. The average molecular weight is 443 g/mol. The molecular weight excluding hydrogens is 421 g/mol. The number of fused-ring (bicyclic) bond motifs is 2. The number of hydrogen-bond acceptors (Lipinski definition) is 5. The predicted octanol–water partition coefficient (Wildman–Crippen LogP) is 3.92. The molecule has 1 unspecified atom stereocenters. The third kappa shape index (κ3) is 3.34. The van der Waals surface area contributed by atoms with Crippen LogP contribution in [0.2, 0.25) is 0 Å². The fourth-order valence-electron chi connectivity index (χ4n) is 4.67. The number of hydrogen-bond donors (Lipinski definition) is 1. The Labute approximate surface area is 189 Å². The minimum absolute atomic E-state index is 0.00755. The smallest absolute Gasteiger partial charge is 0.228 e. The highest BCUT2D eigenvalue weighted by molar-refractivity contribution is 6.00. The minimum Gasteiger partial charge on any atom is -0.377 e. The number of morpholine rings is 1. The van der Waals surface area contributed by atoms with Gasteiger partial charge >= 0.3 is 0 Å². The third-order valence-electron chi connectivity index (χ3n) is 6.28. The zero-order valence-corrected chi connectivity index (χ0v) is 18.1. The van der Waals surface area contributed by atoms with Gasteiger partial charge in [-0.05, 0) is 48.9 Å². The Morgan fingerprint density at radius 2 is 1.97 bits per heavy atom. The van der Waals surface area contributed by atoms with Gasteiger partial charge < -0.3 is 15.0 Å². The topological polar surface area (TPSA) is 71.8 Å². The lowest BCUT2D eigenvalue weighted by Crippen LogP contribution is -2.44. The molecule has 166 valence electrons. The molecule has 1 amide bonds. The fraction of sp³-hybridized carbons (Fsp3) is 0.240. The number of carbonyl (C=O) groups is 1. The second-order valence-electron chi connectivity index (χ2n) is 8.47. The first-order valence-corrected chi connectivity index (χ1v) is 11.0. The monoisotopic (exact) mass is 443 g/mol. The van der Waals surface area contributed by atoms with E-state index in [-0.39, 0.29) is 17.8 Å². The Bertz CT molecular complexity index is 1380. The Balaban J connectivity index is 1.59. The molecule has 0 spiro atoms. The van der Waals surface area contributed by atoms with Crippen molar-refractivity contribution in [2.75, 3.05) is 30.0 Å². The van der Waals surface area contributed by atoms with E-state index in [0.29, 0.717) is 19.6 Å². The molecule has 7 nitrogen and oxygen atoms in total. The van der Waals surface area contributed by atoms with Crippen molar-refractivity contribution in [1.29, 1.82) is 0 Å². The summed E-state index contributed by atoms with van der Waals surface area (Å²) in [6, 6.07) is 12.5. The number of halogens is 1. The molecule has 8 heteroatoms. The van der Waals surface area contributed by atoms with Gasteiger partial charge in [-0.1, -0.05) is 6.07 Å². The fourth-order valence-corrected chi connectivity index (χ4v) is 4.67. The molecule has 4 aromatic rings. The molecule has 1 saturated heterocycles. The molecule has 1 fully saturated rings. The van der Waals surface area contributed by atoms with Crippen LogP contribution in [0.4, 0.5) is 15.9 Å². The van der Waals surface area contributed by atoms with Crippen LogP contribution in [0.15, 0.2) is 54.9 Å². The van der Waals surface area contributed by atoms with Crippen molar-refractivity contribution >= 4 is 23.1 Å². The molecule has 2 aliphatic rings. The molecule has 0 saturated carbocycles. The number of rotatable bonds is 3. The molecule has 33 heavy (non-hydrogen) atoms. The summed E-state index contributed by atoms with van der Waals surface area (Å²) in [7, 11) is 0. The van der Waals surface area contributed by atoms with E-state index in [9.17, 15) is 9.18 Å². The summed E-state index contributed by atoms with van der Waals surface area (Å²) in [5, 5.41) is 2.89. The first-order valence-electron chi connectivity index (χ1n) is 11.0. The maximum absolute atomic E-state index is 13.7. The standard InChI is InChI=1S/C25H22FN5O2/c1-15-14-33-11-10-30(15)24-25-29-22(16-2-5-19(26)6-3-16)23(31(25)9-8-27-24)17-4-7-20-18(12-17)13-21(32)28-20/h2-9,12,15H,10-11,13-14H2,1H3,(H,28,32). The van der Waals surface area contributed by atoms with Crippen LogP contribution in [0.5, 0.6) is 0 Å². The number of ether oxygens (including phenoxy) is 1. The Kier molecular flexibility index (Phi) is 4.62. The lowest BCUT2D eigenvalue weighted by Gasteiger charge is -2.34. The second kappa shape index (κ2) is 7.67. The van der Waals surface area contributed by atoms with Crippen molar-refractivity contribution in [2.45, 2.75) is 19.4 Å². The Morgan fingerprint density at radius 3 is 2.79 bits per heavy atom. The molecule has 2 aromatic carbocycles. The number of imidazole rings is 1. The van der Waals surface area contributed by atoms with E-state index in [0.717, 1.165) is 51.8 Å². The number of nitrogens with one attached hydrogen (secondary N) is 1. The summed E-state index contributed by atoms with van der Waals surface area (Å²) in [4.78, 5) is 23.8. The van der Waals surface area contributed by atoms with Gasteiger partial charge in [0, 0.05) is 35.8 Å². The lowest BCUT2D eigenvalue weighted by atomic mass is 10.0. The van der Waals surface area contributed by atoms with Gasteiger partial charge in [-0.2, -0.15) is 0 Å². The largest absolute Gasteiger partial charge is 0.377 e. The van der Waals surface area contributed by atoms with Crippen LogP contribution in [0.1, 0.15) is 12.5 Å². The van der Waals surface area contributed by atoms with Gasteiger partial charge in [-0.25, -0.2) is 14.4 Å². The highest BCUT2D eigenvalue weighted by atomic mass is 19.1. The van der Waals surface area contributed by atoms with Crippen LogP contribution < -0.4 is 10.2 Å². The van der Waals surface area contributed by atoms with Crippen LogP contribution in [0.3, 0.4) is 0 Å². The van der Waals surface area contributed by atoms with Crippen molar-refractivity contribution in [3.8, 4) is 22.5 Å². The van der Waals surface area contributed by atoms with Gasteiger partial charge in [0.1, 0.15) is 5.82 Å². The van der Waals surface area contributed by atoms with E-state index in [1.54, 1.807) is 18.3 Å². The number of carbonyl (C=O) groups excluding carboxylic acids is 1. The zero-order chi connectivity index (χ0) is 22.5. The number of amides is 1.